The summed E-state index contributed by atoms with van der Waals surface area (Å²) in [5.74, 6) is 5.47. The van der Waals surface area contributed by atoms with Crippen molar-refractivity contribution < 1.29 is 4.79 Å². The zero-order valence-electron chi connectivity index (χ0n) is 8.77. The van der Waals surface area contributed by atoms with E-state index in [-0.39, 0.29) is 5.91 Å². The van der Waals surface area contributed by atoms with Crippen LogP contribution in [0.5, 0.6) is 0 Å². The molecule has 0 aliphatic heterocycles. The number of rotatable bonds is 2. The number of hydrogen-bond donors (Lipinski definition) is 2. The summed E-state index contributed by atoms with van der Waals surface area (Å²) in [4.78, 5) is 16.6. The molecule has 2 aromatic rings. The van der Waals surface area contributed by atoms with Gasteiger partial charge in [-0.25, -0.2) is 4.98 Å². The molecule has 2 heterocycles. The second-order valence-electron chi connectivity index (χ2n) is 3.00. The average molecular weight is 263 g/mol. The van der Waals surface area contributed by atoms with E-state index in [9.17, 15) is 4.79 Å². The van der Waals surface area contributed by atoms with Crippen LogP contribution in [-0.4, -0.2) is 17.4 Å². The maximum Gasteiger partial charge on any atom is 0.258 e. The van der Waals surface area contributed by atoms with Gasteiger partial charge in [-0.1, -0.05) is 11.8 Å². The van der Waals surface area contributed by atoms with Gasteiger partial charge in [-0.05, 0) is 6.07 Å². The maximum atomic E-state index is 11.8. The van der Waals surface area contributed by atoms with Crippen LogP contribution in [0.1, 0.15) is 15.2 Å². The summed E-state index contributed by atoms with van der Waals surface area (Å²) in [6, 6.07) is 1.75. The smallest absolute Gasteiger partial charge is 0.258 e. The van der Waals surface area contributed by atoms with Gasteiger partial charge in [0.1, 0.15) is 0 Å². The molecule has 0 spiro atoms. The number of thiophene rings is 1. The summed E-state index contributed by atoms with van der Waals surface area (Å²) >= 11 is 2.81. The van der Waals surface area contributed by atoms with E-state index < -0.39 is 0 Å². The molecule has 0 atom stereocenters. The first-order valence-corrected chi connectivity index (χ1v) is 6.54. The lowest BCUT2D eigenvalue weighted by molar-refractivity contribution is 0.102. The Hall–Kier alpha value is -1.68. The van der Waals surface area contributed by atoms with Crippen molar-refractivity contribution in [1.29, 1.82) is 0 Å². The molecular weight excluding hydrogens is 254 g/mol. The van der Waals surface area contributed by atoms with Gasteiger partial charge in [-0.2, -0.15) is 0 Å². The fraction of sp³-hybridized carbons (Fsp3) is 0.0909. The molecule has 6 heteroatoms. The van der Waals surface area contributed by atoms with Gasteiger partial charge < -0.3 is 5.73 Å². The van der Waals surface area contributed by atoms with E-state index in [0.29, 0.717) is 17.2 Å². The predicted octanol–water partition coefficient (Wildman–Crippen LogP) is 1.77. The van der Waals surface area contributed by atoms with E-state index in [2.05, 4.69) is 22.1 Å². The minimum Gasteiger partial charge on any atom is -0.320 e. The number of nitrogens with one attached hydrogen (secondary N) is 1. The summed E-state index contributed by atoms with van der Waals surface area (Å²) in [7, 11) is 0. The second kappa shape index (κ2) is 5.59. The number of hydrogen-bond acceptors (Lipinski definition) is 5. The fourth-order valence-electron chi connectivity index (χ4n) is 1.11. The van der Waals surface area contributed by atoms with Crippen LogP contribution in [0.2, 0.25) is 0 Å². The number of amides is 1. The monoisotopic (exact) mass is 263 g/mol. The molecule has 0 saturated carbocycles. The van der Waals surface area contributed by atoms with Crippen molar-refractivity contribution in [2.24, 2.45) is 5.73 Å². The van der Waals surface area contributed by atoms with Gasteiger partial charge in [0, 0.05) is 17.0 Å². The summed E-state index contributed by atoms with van der Waals surface area (Å²) < 4.78 is 0. The van der Waals surface area contributed by atoms with E-state index >= 15 is 0 Å². The van der Waals surface area contributed by atoms with Crippen molar-refractivity contribution in [2.45, 2.75) is 0 Å². The van der Waals surface area contributed by atoms with E-state index in [0.717, 1.165) is 4.88 Å². The standard InChI is InChI=1S/C11H9N3OS2/c12-3-1-2-9-6-8(7-17-9)10(15)14-11-13-4-5-16-11/h4-7H,3,12H2,(H,13,14,15). The molecular formula is C11H9N3OS2. The Balaban J connectivity index is 2.07. The van der Waals surface area contributed by atoms with E-state index in [1.807, 2.05) is 0 Å². The summed E-state index contributed by atoms with van der Waals surface area (Å²) in [6.07, 6.45) is 1.64. The number of nitrogens with two attached hydrogens (primary N) is 1. The minimum absolute atomic E-state index is 0.169. The minimum atomic E-state index is -0.169. The number of nitrogens with zero attached hydrogens (tertiary/aromatic N) is 1. The maximum absolute atomic E-state index is 11.8. The lowest BCUT2D eigenvalue weighted by Crippen LogP contribution is -2.10. The highest BCUT2D eigenvalue weighted by Crippen LogP contribution is 2.16. The Labute approximate surface area is 106 Å². The van der Waals surface area contributed by atoms with Gasteiger partial charge in [0.2, 0.25) is 0 Å². The van der Waals surface area contributed by atoms with Crippen LogP contribution in [0.3, 0.4) is 0 Å². The first-order valence-electron chi connectivity index (χ1n) is 4.78. The Kier molecular flexibility index (Phi) is 3.88. The highest BCUT2D eigenvalue weighted by Gasteiger charge is 2.09. The largest absolute Gasteiger partial charge is 0.320 e. The van der Waals surface area contributed by atoms with Crippen molar-refractivity contribution in [3.63, 3.8) is 0 Å². The Bertz CT molecular complexity index is 563. The average Bonchev–Trinajstić information content (AvgIpc) is 2.96. The third kappa shape index (κ3) is 3.14. The topological polar surface area (TPSA) is 68.0 Å². The van der Waals surface area contributed by atoms with E-state index in [1.54, 1.807) is 23.0 Å². The molecule has 4 nitrogen and oxygen atoms in total. The number of carbonyl (C=O) groups excluding carboxylic acids is 1. The normalized spacial score (nSPS) is 9.47. The zero-order valence-corrected chi connectivity index (χ0v) is 10.4. The van der Waals surface area contributed by atoms with Gasteiger partial charge in [0.15, 0.2) is 5.13 Å². The molecule has 0 fully saturated rings. The summed E-state index contributed by atoms with van der Waals surface area (Å²) in [5.41, 5.74) is 5.87. The third-order valence-electron chi connectivity index (χ3n) is 1.83. The van der Waals surface area contributed by atoms with Crippen LogP contribution in [0, 0.1) is 11.8 Å². The number of anilines is 1. The SMILES string of the molecule is NCC#Cc1cc(C(=O)Nc2nccs2)cs1. The van der Waals surface area contributed by atoms with Crippen molar-refractivity contribution in [1.82, 2.24) is 4.98 Å². The Morgan fingerprint density at radius 1 is 1.53 bits per heavy atom. The molecule has 0 radical (unpaired) electrons. The van der Waals surface area contributed by atoms with Crippen molar-refractivity contribution in [2.75, 3.05) is 11.9 Å². The van der Waals surface area contributed by atoms with Crippen molar-refractivity contribution >= 4 is 33.7 Å². The molecule has 0 bridgehead atoms. The molecule has 0 aliphatic rings. The molecule has 3 N–H and O–H groups in total. The fourth-order valence-corrected chi connectivity index (χ4v) is 2.39. The van der Waals surface area contributed by atoms with Crippen LogP contribution in [0.15, 0.2) is 23.0 Å². The molecule has 0 aromatic carbocycles. The number of thiazole rings is 1. The number of aromatic nitrogens is 1. The Morgan fingerprint density at radius 3 is 3.12 bits per heavy atom. The molecule has 2 aromatic heterocycles. The van der Waals surface area contributed by atoms with Crippen LogP contribution in [-0.2, 0) is 0 Å². The predicted molar refractivity (Wildman–Crippen MR) is 70.3 cm³/mol. The molecule has 2 rings (SSSR count). The van der Waals surface area contributed by atoms with Crippen LogP contribution < -0.4 is 11.1 Å². The third-order valence-corrected chi connectivity index (χ3v) is 3.36. The van der Waals surface area contributed by atoms with Gasteiger partial charge in [-0.15, -0.1) is 22.7 Å². The van der Waals surface area contributed by atoms with Gasteiger partial charge in [0.25, 0.3) is 5.91 Å². The van der Waals surface area contributed by atoms with Crippen molar-refractivity contribution in [3.05, 3.63) is 33.5 Å². The van der Waals surface area contributed by atoms with Crippen LogP contribution in [0.25, 0.3) is 0 Å². The van der Waals surface area contributed by atoms with Gasteiger partial charge >= 0.3 is 0 Å². The first-order chi connectivity index (χ1) is 8.29. The van der Waals surface area contributed by atoms with Gasteiger partial charge in [0.05, 0.1) is 17.0 Å². The lowest BCUT2D eigenvalue weighted by Gasteiger charge is -1.97. The summed E-state index contributed by atoms with van der Waals surface area (Å²) in [6.45, 7) is 0.318. The van der Waals surface area contributed by atoms with E-state index in [4.69, 9.17) is 5.73 Å². The molecule has 0 saturated heterocycles. The summed E-state index contributed by atoms with van der Waals surface area (Å²) in [5, 5.41) is 6.88. The molecule has 17 heavy (non-hydrogen) atoms. The highest BCUT2D eigenvalue weighted by atomic mass is 32.1. The second-order valence-corrected chi connectivity index (χ2v) is 4.80. The van der Waals surface area contributed by atoms with E-state index in [1.165, 1.54) is 22.7 Å². The van der Waals surface area contributed by atoms with Crippen LogP contribution >= 0.6 is 22.7 Å². The van der Waals surface area contributed by atoms with Gasteiger partial charge in [-0.3, -0.25) is 10.1 Å². The highest BCUT2D eigenvalue weighted by molar-refractivity contribution is 7.13. The van der Waals surface area contributed by atoms with Crippen LogP contribution in [0.4, 0.5) is 5.13 Å². The first kappa shape index (κ1) is 11.8. The quantitative estimate of drug-likeness (QED) is 0.811. The molecule has 0 unspecified atom stereocenters. The Morgan fingerprint density at radius 2 is 2.41 bits per heavy atom. The molecule has 1 amide bonds. The lowest BCUT2D eigenvalue weighted by atomic mass is 10.3. The molecule has 86 valence electrons. The molecule has 0 aliphatic carbocycles. The van der Waals surface area contributed by atoms with Crippen molar-refractivity contribution in [3.8, 4) is 11.8 Å². The number of carbonyl (C=O) groups is 1. The zero-order chi connectivity index (χ0) is 12.1.